The second-order valence-corrected chi connectivity index (χ2v) is 8.78. The van der Waals surface area contributed by atoms with Crippen LogP contribution in [0.15, 0.2) is 34.6 Å². The number of hydrogen-bond donors (Lipinski definition) is 2. The molecule has 3 N–H and O–H groups in total. The Balaban J connectivity index is 1.81. The Morgan fingerprint density at radius 3 is 2.21 bits per heavy atom. The van der Waals surface area contributed by atoms with E-state index < -0.39 is 0 Å². The average Bonchev–Trinajstić information content (AvgIpc) is 3.17. The molecule has 12 heteroatoms. The van der Waals surface area contributed by atoms with Crippen LogP contribution in [0.3, 0.4) is 0 Å². The second kappa shape index (κ2) is 13.7. The molecule has 0 spiro atoms. The van der Waals surface area contributed by atoms with Crippen molar-refractivity contribution in [1.29, 1.82) is 0 Å². The lowest BCUT2D eigenvalue weighted by Crippen LogP contribution is -2.32. The lowest BCUT2D eigenvalue weighted by molar-refractivity contribution is -0.128. The number of aromatic nitrogens is 3. The van der Waals surface area contributed by atoms with Crippen molar-refractivity contribution < 1.29 is 19.1 Å². The van der Waals surface area contributed by atoms with E-state index in [1.165, 1.54) is 16.4 Å². The number of ether oxygens (including phenoxy) is 1. The molecular formula is C21H30N6O4S2. The first-order valence-electron chi connectivity index (χ1n) is 10.7. The lowest BCUT2D eigenvalue weighted by Gasteiger charge is -2.17. The first kappa shape index (κ1) is 26.5. The third kappa shape index (κ3) is 8.28. The molecule has 0 bridgehead atoms. The number of thioether (sulfide) groups is 2. The molecular weight excluding hydrogens is 464 g/mol. The summed E-state index contributed by atoms with van der Waals surface area (Å²) in [5.74, 6) is 5.65. The van der Waals surface area contributed by atoms with Gasteiger partial charge in [-0.15, -0.1) is 10.2 Å². The fourth-order valence-electron chi connectivity index (χ4n) is 2.66. The largest absolute Gasteiger partial charge is 0.462 e. The van der Waals surface area contributed by atoms with Gasteiger partial charge in [0, 0.05) is 18.8 Å². The lowest BCUT2D eigenvalue weighted by atomic mass is 10.2. The Labute approximate surface area is 202 Å². The minimum Gasteiger partial charge on any atom is -0.462 e. The van der Waals surface area contributed by atoms with E-state index >= 15 is 0 Å². The summed E-state index contributed by atoms with van der Waals surface area (Å²) in [5, 5.41) is 11.5. The Morgan fingerprint density at radius 1 is 1.03 bits per heavy atom. The fraction of sp³-hybridized carbons (Fsp3) is 0.476. The van der Waals surface area contributed by atoms with Crippen LogP contribution in [0, 0.1) is 0 Å². The van der Waals surface area contributed by atoms with E-state index in [0.29, 0.717) is 41.3 Å². The summed E-state index contributed by atoms with van der Waals surface area (Å²) in [6.45, 7) is 7.56. The van der Waals surface area contributed by atoms with Gasteiger partial charge in [-0.05, 0) is 44.5 Å². The van der Waals surface area contributed by atoms with E-state index in [1.807, 2.05) is 20.8 Å². The van der Waals surface area contributed by atoms with Gasteiger partial charge in [-0.1, -0.05) is 36.9 Å². The van der Waals surface area contributed by atoms with E-state index in [1.54, 1.807) is 29.2 Å². The highest BCUT2D eigenvalue weighted by Crippen LogP contribution is 2.21. The second-order valence-electron chi connectivity index (χ2n) is 6.89. The van der Waals surface area contributed by atoms with E-state index in [0.717, 1.165) is 24.6 Å². The van der Waals surface area contributed by atoms with Gasteiger partial charge in [-0.2, -0.15) is 0 Å². The molecule has 0 aliphatic rings. The normalized spacial score (nSPS) is 10.6. The molecule has 1 heterocycles. The van der Waals surface area contributed by atoms with Crippen LogP contribution in [0.1, 0.15) is 44.0 Å². The number of rotatable bonds is 13. The third-order valence-electron chi connectivity index (χ3n) is 4.54. The summed E-state index contributed by atoms with van der Waals surface area (Å²) in [6, 6.07) is 6.51. The van der Waals surface area contributed by atoms with Crippen LogP contribution in [0.4, 0.5) is 5.69 Å². The predicted octanol–water partition coefficient (Wildman–Crippen LogP) is 2.64. The number of carbonyl (C=O) groups excluding carboxylic acids is 3. The van der Waals surface area contributed by atoms with Crippen molar-refractivity contribution in [1.82, 2.24) is 19.8 Å². The van der Waals surface area contributed by atoms with Crippen LogP contribution in [-0.2, 0) is 14.3 Å². The van der Waals surface area contributed by atoms with E-state index in [2.05, 4.69) is 15.5 Å². The van der Waals surface area contributed by atoms with Crippen LogP contribution in [0.5, 0.6) is 0 Å². The molecule has 1 aromatic heterocycles. The first-order valence-corrected chi connectivity index (χ1v) is 12.7. The summed E-state index contributed by atoms with van der Waals surface area (Å²) in [6.07, 6.45) is 1.77. The molecule has 33 heavy (non-hydrogen) atoms. The Bertz CT molecular complexity index is 931. The molecule has 0 unspecified atom stereocenters. The van der Waals surface area contributed by atoms with Gasteiger partial charge in [0.15, 0.2) is 0 Å². The maximum atomic E-state index is 12.3. The van der Waals surface area contributed by atoms with Crippen molar-refractivity contribution in [2.75, 3.05) is 42.4 Å². The summed E-state index contributed by atoms with van der Waals surface area (Å²) < 4.78 is 6.44. The zero-order valence-corrected chi connectivity index (χ0v) is 20.7. The molecule has 2 rings (SSSR count). The number of nitrogen functional groups attached to an aromatic ring is 1. The van der Waals surface area contributed by atoms with Crippen molar-refractivity contribution in [3.63, 3.8) is 0 Å². The number of nitrogens with one attached hydrogen (secondary N) is 1. The zero-order chi connectivity index (χ0) is 24.2. The highest BCUT2D eigenvalue weighted by atomic mass is 32.2. The highest BCUT2D eigenvalue weighted by Gasteiger charge is 2.16. The van der Waals surface area contributed by atoms with Gasteiger partial charge in [0.1, 0.15) is 0 Å². The van der Waals surface area contributed by atoms with Gasteiger partial charge < -0.3 is 20.8 Å². The number of anilines is 1. The van der Waals surface area contributed by atoms with Gasteiger partial charge in [0.25, 0.3) is 0 Å². The molecule has 0 aliphatic carbocycles. The topological polar surface area (TPSA) is 132 Å². The van der Waals surface area contributed by atoms with Gasteiger partial charge >= 0.3 is 5.97 Å². The molecule has 10 nitrogen and oxygen atoms in total. The molecule has 0 atom stereocenters. The number of amides is 2. The molecule has 180 valence electrons. The molecule has 2 amide bonds. The summed E-state index contributed by atoms with van der Waals surface area (Å²) in [7, 11) is 0. The number of nitrogens with two attached hydrogens (primary N) is 1. The molecule has 0 saturated heterocycles. The first-order chi connectivity index (χ1) is 15.9. The number of benzene rings is 1. The Kier molecular flexibility index (Phi) is 11.0. The van der Waals surface area contributed by atoms with Crippen LogP contribution < -0.4 is 11.2 Å². The SMILES string of the molecule is CCCCOC(=O)c1ccc(NC(=O)CSc2nnc(SCC(=O)N(CC)CC)n2N)cc1. The molecule has 0 radical (unpaired) electrons. The van der Waals surface area contributed by atoms with Crippen molar-refractivity contribution in [2.45, 2.75) is 43.9 Å². The van der Waals surface area contributed by atoms with Crippen molar-refractivity contribution in [2.24, 2.45) is 0 Å². The van der Waals surface area contributed by atoms with Crippen molar-refractivity contribution >= 4 is 47.0 Å². The maximum Gasteiger partial charge on any atom is 0.338 e. The van der Waals surface area contributed by atoms with Gasteiger partial charge in [0.2, 0.25) is 22.1 Å². The van der Waals surface area contributed by atoms with Crippen molar-refractivity contribution in [3.05, 3.63) is 29.8 Å². The molecule has 1 aromatic carbocycles. The van der Waals surface area contributed by atoms with E-state index in [9.17, 15) is 14.4 Å². The summed E-state index contributed by atoms with van der Waals surface area (Å²) in [4.78, 5) is 38.1. The highest BCUT2D eigenvalue weighted by molar-refractivity contribution is 8.00. The summed E-state index contributed by atoms with van der Waals surface area (Å²) in [5.41, 5.74) is 0.991. The third-order valence-corrected chi connectivity index (χ3v) is 6.41. The van der Waals surface area contributed by atoms with Gasteiger partial charge in [0.05, 0.1) is 23.7 Å². The summed E-state index contributed by atoms with van der Waals surface area (Å²) >= 11 is 2.34. The van der Waals surface area contributed by atoms with E-state index in [-0.39, 0.29) is 29.3 Å². The van der Waals surface area contributed by atoms with Crippen LogP contribution in [0.25, 0.3) is 0 Å². The number of hydrogen-bond acceptors (Lipinski definition) is 9. The van der Waals surface area contributed by atoms with Gasteiger partial charge in [-0.25, -0.2) is 9.47 Å². The maximum absolute atomic E-state index is 12.3. The minimum atomic E-state index is -0.383. The number of unbranched alkanes of at least 4 members (excludes halogenated alkanes) is 1. The van der Waals surface area contributed by atoms with Crippen LogP contribution in [-0.4, -0.2) is 68.8 Å². The molecule has 0 saturated carbocycles. The molecule has 0 fully saturated rings. The quantitative estimate of drug-likeness (QED) is 0.187. The molecule has 2 aromatic rings. The monoisotopic (exact) mass is 494 g/mol. The number of carbonyl (C=O) groups is 3. The number of esters is 1. The van der Waals surface area contributed by atoms with Crippen LogP contribution in [0.2, 0.25) is 0 Å². The fourth-order valence-corrected chi connectivity index (χ4v) is 4.14. The van der Waals surface area contributed by atoms with Crippen molar-refractivity contribution in [3.8, 4) is 0 Å². The standard InChI is InChI=1S/C21H30N6O4S2/c1-4-7-12-31-19(30)15-8-10-16(11-9-15)23-17(28)13-32-20-24-25-21(27(20)22)33-14-18(29)26(5-2)6-3/h8-11H,4-7,12-14,22H2,1-3H3,(H,23,28). The van der Waals surface area contributed by atoms with Crippen LogP contribution >= 0.6 is 23.5 Å². The smallest absolute Gasteiger partial charge is 0.338 e. The minimum absolute atomic E-state index is 0.00169. The average molecular weight is 495 g/mol. The van der Waals surface area contributed by atoms with Gasteiger partial charge in [-0.3, -0.25) is 9.59 Å². The zero-order valence-electron chi connectivity index (χ0n) is 19.1. The van der Waals surface area contributed by atoms with E-state index in [4.69, 9.17) is 10.6 Å². The Hall–Kier alpha value is -2.73. The predicted molar refractivity (Wildman–Crippen MR) is 130 cm³/mol. The Morgan fingerprint density at radius 2 is 1.64 bits per heavy atom. The number of nitrogens with zero attached hydrogens (tertiary/aromatic N) is 4. The molecule has 0 aliphatic heterocycles.